The Balaban J connectivity index is 2.38. The van der Waals surface area contributed by atoms with E-state index in [0.29, 0.717) is 6.54 Å². The Bertz CT molecular complexity index is 410. The predicted octanol–water partition coefficient (Wildman–Crippen LogP) is 2.82. The summed E-state index contributed by atoms with van der Waals surface area (Å²) in [7, 11) is 0. The van der Waals surface area contributed by atoms with Crippen LogP contribution in [0.4, 0.5) is 10.1 Å². The molecule has 0 N–H and O–H groups in total. The molecule has 5 heteroatoms. The Hall–Kier alpha value is -0.800. The van der Waals surface area contributed by atoms with E-state index in [4.69, 9.17) is 23.2 Å². The van der Waals surface area contributed by atoms with Gasteiger partial charge >= 0.3 is 0 Å². The number of amides is 1. The van der Waals surface area contributed by atoms with Crippen LogP contribution >= 0.6 is 23.2 Å². The Kier molecular flexibility index (Phi) is 2.85. The Morgan fingerprint density at radius 3 is 2.80 bits per heavy atom. The summed E-state index contributed by atoms with van der Waals surface area (Å²) in [6.07, 6.45) is 0.244. The standard InChI is InChI=1S/C10H8Cl2FNO/c11-6-4-9(15)14(5-6)8-3-1-2-7(12)10(8)13/h1-3,6H,4-5H2. The van der Waals surface area contributed by atoms with E-state index in [2.05, 4.69) is 0 Å². The predicted molar refractivity (Wildman–Crippen MR) is 58.0 cm³/mol. The summed E-state index contributed by atoms with van der Waals surface area (Å²) in [6, 6.07) is 4.57. The van der Waals surface area contributed by atoms with Gasteiger partial charge in [0.1, 0.15) is 0 Å². The van der Waals surface area contributed by atoms with Crippen molar-refractivity contribution >= 4 is 34.8 Å². The van der Waals surface area contributed by atoms with Crippen LogP contribution in [-0.2, 0) is 4.79 Å². The van der Waals surface area contributed by atoms with E-state index in [1.165, 1.54) is 17.0 Å². The molecule has 0 bridgehead atoms. The first kappa shape index (κ1) is 10.7. The number of alkyl halides is 1. The molecule has 1 heterocycles. The minimum absolute atomic E-state index is 0.0123. The van der Waals surface area contributed by atoms with Crippen molar-refractivity contribution in [3.05, 3.63) is 29.0 Å². The number of carbonyl (C=O) groups is 1. The van der Waals surface area contributed by atoms with Gasteiger partial charge in [0, 0.05) is 13.0 Å². The average Bonchev–Trinajstić information content (AvgIpc) is 2.50. The van der Waals surface area contributed by atoms with Crippen molar-refractivity contribution in [3.8, 4) is 0 Å². The molecule has 2 nitrogen and oxygen atoms in total. The number of hydrogen-bond acceptors (Lipinski definition) is 1. The van der Waals surface area contributed by atoms with Crippen LogP contribution < -0.4 is 4.90 Å². The van der Waals surface area contributed by atoms with Crippen LogP contribution in [0, 0.1) is 5.82 Å². The molecule has 0 radical (unpaired) electrons. The summed E-state index contributed by atoms with van der Waals surface area (Å²) in [4.78, 5) is 12.8. The van der Waals surface area contributed by atoms with Crippen LogP contribution in [-0.4, -0.2) is 17.8 Å². The second kappa shape index (κ2) is 3.99. The van der Waals surface area contributed by atoms with Crippen molar-refractivity contribution < 1.29 is 9.18 Å². The molecule has 1 aliphatic heterocycles. The molecule has 2 rings (SSSR count). The van der Waals surface area contributed by atoms with Crippen molar-refractivity contribution in [3.63, 3.8) is 0 Å². The normalized spacial score (nSPS) is 21.1. The summed E-state index contributed by atoms with van der Waals surface area (Å²) in [5, 5.41) is -0.241. The molecule has 1 aromatic carbocycles. The van der Waals surface area contributed by atoms with Gasteiger partial charge in [-0.05, 0) is 12.1 Å². The maximum absolute atomic E-state index is 13.6. The number of nitrogens with zero attached hydrogens (tertiary/aromatic N) is 1. The zero-order valence-corrected chi connectivity index (χ0v) is 9.22. The van der Waals surface area contributed by atoms with Gasteiger partial charge in [0.15, 0.2) is 5.82 Å². The first-order valence-electron chi connectivity index (χ1n) is 4.48. The van der Waals surface area contributed by atoms with Gasteiger partial charge in [-0.15, -0.1) is 11.6 Å². The molecule has 0 aromatic heterocycles. The molecule has 0 aliphatic carbocycles. The molecule has 1 aromatic rings. The zero-order valence-electron chi connectivity index (χ0n) is 7.71. The molecule has 15 heavy (non-hydrogen) atoms. The van der Waals surface area contributed by atoms with Crippen molar-refractivity contribution in [1.82, 2.24) is 0 Å². The minimum Gasteiger partial charge on any atom is -0.308 e. The number of carbonyl (C=O) groups excluding carboxylic acids is 1. The molecule has 80 valence electrons. The molecular formula is C10H8Cl2FNO. The van der Waals surface area contributed by atoms with E-state index >= 15 is 0 Å². The zero-order chi connectivity index (χ0) is 11.0. The van der Waals surface area contributed by atoms with E-state index in [1.807, 2.05) is 0 Å². The summed E-state index contributed by atoms with van der Waals surface area (Å²) in [5.74, 6) is -0.741. The van der Waals surface area contributed by atoms with Crippen molar-refractivity contribution in [2.24, 2.45) is 0 Å². The fourth-order valence-electron chi connectivity index (χ4n) is 1.60. The topological polar surface area (TPSA) is 20.3 Å². The highest BCUT2D eigenvalue weighted by atomic mass is 35.5. The quantitative estimate of drug-likeness (QED) is 0.700. The van der Waals surface area contributed by atoms with Gasteiger partial charge in [0.05, 0.1) is 16.1 Å². The fourth-order valence-corrected chi connectivity index (χ4v) is 2.04. The van der Waals surface area contributed by atoms with Gasteiger partial charge in [-0.3, -0.25) is 4.79 Å². The van der Waals surface area contributed by atoms with Crippen molar-refractivity contribution in [1.29, 1.82) is 0 Å². The van der Waals surface area contributed by atoms with E-state index in [-0.39, 0.29) is 28.4 Å². The SMILES string of the molecule is O=C1CC(Cl)CN1c1cccc(Cl)c1F. The molecule has 1 fully saturated rings. The molecule has 1 amide bonds. The van der Waals surface area contributed by atoms with E-state index in [1.54, 1.807) is 6.07 Å². The third-order valence-corrected chi connectivity index (χ3v) is 2.88. The van der Waals surface area contributed by atoms with Gasteiger partial charge in [0.25, 0.3) is 0 Å². The lowest BCUT2D eigenvalue weighted by atomic mass is 10.3. The lowest BCUT2D eigenvalue weighted by Crippen LogP contribution is -2.25. The molecule has 0 saturated carbocycles. The summed E-state index contributed by atoms with van der Waals surface area (Å²) in [5.41, 5.74) is 0.204. The van der Waals surface area contributed by atoms with Gasteiger partial charge in [-0.2, -0.15) is 0 Å². The van der Waals surface area contributed by atoms with Crippen LogP contribution in [0.3, 0.4) is 0 Å². The van der Waals surface area contributed by atoms with E-state index < -0.39 is 5.82 Å². The number of halogens is 3. The largest absolute Gasteiger partial charge is 0.308 e. The van der Waals surface area contributed by atoms with Crippen LogP contribution in [0.15, 0.2) is 18.2 Å². The maximum atomic E-state index is 13.6. The highest BCUT2D eigenvalue weighted by Crippen LogP contribution is 2.29. The van der Waals surface area contributed by atoms with Gasteiger partial charge in [-0.25, -0.2) is 4.39 Å². The first-order valence-corrected chi connectivity index (χ1v) is 5.29. The Morgan fingerprint density at radius 1 is 1.47 bits per heavy atom. The molecule has 1 unspecified atom stereocenters. The lowest BCUT2D eigenvalue weighted by Gasteiger charge is -2.16. The van der Waals surface area contributed by atoms with E-state index in [0.717, 1.165) is 0 Å². The number of rotatable bonds is 1. The van der Waals surface area contributed by atoms with Crippen LogP contribution in [0.2, 0.25) is 5.02 Å². The molecule has 0 spiro atoms. The van der Waals surface area contributed by atoms with Crippen LogP contribution in [0.25, 0.3) is 0 Å². The van der Waals surface area contributed by atoms with Crippen LogP contribution in [0.1, 0.15) is 6.42 Å². The van der Waals surface area contributed by atoms with Gasteiger partial charge in [0.2, 0.25) is 5.91 Å². The highest BCUT2D eigenvalue weighted by Gasteiger charge is 2.31. The third-order valence-electron chi connectivity index (χ3n) is 2.30. The lowest BCUT2D eigenvalue weighted by molar-refractivity contribution is -0.117. The summed E-state index contributed by atoms with van der Waals surface area (Å²) < 4.78 is 13.6. The highest BCUT2D eigenvalue weighted by molar-refractivity contribution is 6.31. The van der Waals surface area contributed by atoms with Crippen LogP contribution in [0.5, 0.6) is 0 Å². The first-order chi connectivity index (χ1) is 7.09. The van der Waals surface area contributed by atoms with Crippen molar-refractivity contribution in [2.45, 2.75) is 11.8 Å². The van der Waals surface area contributed by atoms with Gasteiger partial charge in [-0.1, -0.05) is 17.7 Å². The monoisotopic (exact) mass is 247 g/mol. The number of hydrogen-bond donors (Lipinski definition) is 0. The molecule has 1 aliphatic rings. The molecule has 1 atom stereocenters. The van der Waals surface area contributed by atoms with Gasteiger partial charge < -0.3 is 4.90 Å². The third kappa shape index (κ3) is 1.94. The second-order valence-electron chi connectivity index (χ2n) is 3.38. The molecular weight excluding hydrogens is 240 g/mol. The average molecular weight is 248 g/mol. The fraction of sp³-hybridized carbons (Fsp3) is 0.300. The minimum atomic E-state index is -0.571. The Labute approximate surface area is 96.6 Å². The van der Waals surface area contributed by atoms with E-state index in [9.17, 15) is 9.18 Å². The number of benzene rings is 1. The number of anilines is 1. The maximum Gasteiger partial charge on any atom is 0.228 e. The smallest absolute Gasteiger partial charge is 0.228 e. The summed E-state index contributed by atoms with van der Waals surface area (Å²) in [6.45, 7) is 0.331. The van der Waals surface area contributed by atoms with Crippen molar-refractivity contribution in [2.75, 3.05) is 11.4 Å². The second-order valence-corrected chi connectivity index (χ2v) is 4.40. The summed E-state index contributed by atoms with van der Waals surface area (Å²) >= 11 is 11.5. The Morgan fingerprint density at radius 2 is 2.20 bits per heavy atom. The molecule has 1 saturated heterocycles.